The quantitative estimate of drug-likeness (QED) is 0.818. The molecule has 0 aliphatic rings. The number of hydrogen-bond acceptors (Lipinski definition) is 2. The van der Waals surface area contributed by atoms with Gasteiger partial charge in [-0.1, -0.05) is 29.8 Å². The molecule has 0 fully saturated rings. The normalized spacial score (nSPS) is 9.88. The third-order valence-electron chi connectivity index (χ3n) is 2.30. The summed E-state index contributed by atoms with van der Waals surface area (Å²) in [5.74, 6) is -0.0977. The molecule has 0 aliphatic carbocycles. The van der Waals surface area contributed by atoms with E-state index in [4.69, 9.17) is 0 Å². The molecule has 1 N–H and O–H groups in total. The van der Waals surface area contributed by atoms with E-state index < -0.39 is 0 Å². The van der Waals surface area contributed by atoms with Crippen molar-refractivity contribution >= 4 is 11.7 Å². The summed E-state index contributed by atoms with van der Waals surface area (Å²) in [7, 11) is 0. The van der Waals surface area contributed by atoms with E-state index >= 15 is 0 Å². The van der Waals surface area contributed by atoms with Gasteiger partial charge in [0.15, 0.2) is 0 Å². The molecule has 0 saturated heterocycles. The lowest BCUT2D eigenvalue weighted by Gasteiger charge is -2.03. The molecule has 1 aromatic carbocycles. The molecule has 0 atom stereocenters. The minimum Gasteiger partial charge on any atom is -0.349 e. The SMILES string of the molecule is CC(=O)CNC(=O)CCc1ccc(C)cc1. The minimum atomic E-state index is -0.0734. The van der Waals surface area contributed by atoms with Gasteiger partial charge in [-0.25, -0.2) is 0 Å². The zero-order valence-electron chi connectivity index (χ0n) is 9.75. The Morgan fingerprint density at radius 2 is 1.81 bits per heavy atom. The highest BCUT2D eigenvalue weighted by atomic mass is 16.2. The first-order valence-electron chi connectivity index (χ1n) is 5.39. The lowest BCUT2D eigenvalue weighted by atomic mass is 10.1. The van der Waals surface area contributed by atoms with Crippen LogP contribution in [0.15, 0.2) is 24.3 Å². The number of rotatable bonds is 5. The topological polar surface area (TPSA) is 46.2 Å². The number of carbonyl (C=O) groups excluding carboxylic acids is 2. The summed E-state index contributed by atoms with van der Waals surface area (Å²) in [6, 6.07) is 8.10. The van der Waals surface area contributed by atoms with E-state index in [1.54, 1.807) is 0 Å². The lowest BCUT2D eigenvalue weighted by molar-refractivity contribution is -0.124. The standard InChI is InChI=1S/C13H17NO2/c1-10-3-5-12(6-4-10)7-8-13(16)14-9-11(2)15/h3-6H,7-9H2,1-2H3,(H,14,16). The molecular formula is C13H17NO2. The molecule has 1 aromatic rings. The van der Waals surface area contributed by atoms with Crippen LogP contribution in [0, 0.1) is 6.92 Å². The van der Waals surface area contributed by atoms with Gasteiger partial charge in [0.25, 0.3) is 0 Å². The van der Waals surface area contributed by atoms with Gasteiger partial charge in [0.05, 0.1) is 6.54 Å². The van der Waals surface area contributed by atoms with Gasteiger partial charge in [0, 0.05) is 6.42 Å². The van der Waals surface area contributed by atoms with Gasteiger partial charge in [-0.05, 0) is 25.8 Å². The summed E-state index contributed by atoms with van der Waals surface area (Å²) >= 11 is 0. The maximum Gasteiger partial charge on any atom is 0.220 e. The Balaban J connectivity index is 2.31. The second-order valence-electron chi connectivity index (χ2n) is 3.96. The van der Waals surface area contributed by atoms with E-state index in [1.807, 2.05) is 31.2 Å². The van der Waals surface area contributed by atoms with Crippen molar-refractivity contribution in [3.8, 4) is 0 Å². The molecule has 0 bridgehead atoms. The van der Waals surface area contributed by atoms with Crippen molar-refractivity contribution in [2.24, 2.45) is 0 Å². The fourth-order valence-corrected chi connectivity index (χ4v) is 1.32. The molecule has 3 nitrogen and oxygen atoms in total. The molecule has 0 saturated carbocycles. The summed E-state index contributed by atoms with van der Waals surface area (Å²) in [6.45, 7) is 3.62. The number of hydrogen-bond donors (Lipinski definition) is 1. The van der Waals surface area contributed by atoms with E-state index in [-0.39, 0.29) is 18.2 Å². The van der Waals surface area contributed by atoms with Crippen LogP contribution >= 0.6 is 0 Å². The van der Waals surface area contributed by atoms with Gasteiger partial charge in [-0.2, -0.15) is 0 Å². The largest absolute Gasteiger partial charge is 0.349 e. The average molecular weight is 219 g/mol. The summed E-state index contributed by atoms with van der Waals surface area (Å²) in [5.41, 5.74) is 2.35. The molecule has 0 aromatic heterocycles. The van der Waals surface area contributed by atoms with Crippen LogP contribution in [0.25, 0.3) is 0 Å². The molecule has 86 valence electrons. The first-order chi connectivity index (χ1) is 7.58. The van der Waals surface area contributed by atoms with Crippen LogP contribution in [0.1, 0.15) is 24.5 Å². The van der Waals surface area contributed by atoms with E-state index in [0.29, 0.717) is 12.8 Å². The van der Waals surface area contributed by atoms with Crippen LogP contribution in [-0.2, 0) is 16.0 Å². The smallest absolute Gasteiger partial charge is 0.220 e. The Labute approximate surface area is 95.9 Å². The van der Waals surface area contributed by atoms with Crippen LogP contribution in [0.2, 0.25) is 0 Å². The number of Topliss-reactive ketones (excluding diaryl/α,β-unsaturated/α-hetero) is 1. The number of amides is 1. The zero-order chi connectivity index (χ0) is 12.0. The summed E-state index contributed by atoms with van der Waals surface area (Å²) in [5, 5.41) is 2.58. The Morgan fingerprint density at radius 1 is 1.19 bits per heavy atom. The van der Waals surface area contributed by atoms with Crippen molar-refractivity contribution in [2.75, 3.05) is 6.54 Å². The zero-order valence-corrected chi connectivity index (χ0v) is 9.75. The summed E-state index contributed by atoms with van der Waals surface area (Å²) in [6.07, 6.45) is 1.14. The fraction of sp³-hybridized carbons (Fsp3) is 0.385. The Kier molecular flexibility index (Phi) is 4.70. The highest BCUT2D eigenvalue weighted by molar-refractivity contribution is 5.84. The Morgan fingerprint density at radius 3 is 2.38 bits per heavy atom. The first-order valence-corrected chi connectivity index (χ1v) is 5.39. The molecular weight excluding hydrogens is 202 g/mol. The number of aryl methyl sites for hydroxylation is 2. The van der Waals surface area contributed by atoms with Gasteiger partial charge in [-0.15, -0.1) is 0 Å². The predicted octanol–water partition coefficient (Wildman–Crippen LogP) is 1.63. The van der Waals surface area contributed by atoms with Crippen molar-refractivity contribution in [2.45, 2.75) is 26.7 Å². The monoisotopic (exact) mass is 219 g/mol. The molecule has 16 heavy (non-hydrogen) atoms. The maximum absolute atomic E-state index is 11.3. The fourth-order valence-electron chi connectivity index (χ4n) is 1.32. The maximum atomic E-state index is 11.3. The molecule has 1 amide bonds. The summed E-state index contributed by atoms with van der Waals surface area (Å²) < 4.78 is 0. The summed E-state index contributed by atoms with van der Waals surface area (Å²) in [4.78, 5) is 22.0. The van der Waals surface area contributed by atoms with E-state index in [9.17, 15) is 9.59 Å². The molecule has 0 heterocycles. The minimum absolute atomic E-state index is 0.0244. The molecule has 1 rings (SSSR count). The third-order valence-corrected chi connectivity index (χ3v) is 2.30. The second kappa shape index (κ2) is 6.05. The predicted molar refractivity (Wildman–Crippen MR) is 63.2 cm³/mol. The van der Waals surface area contributed by atoms with Crippen LogP contribution in [0.3, 0.4) is 0 Å². The van der Waals surface area contributed by atoms with E-state index in [0.717, 1.165) is 5.56 Å². The Hall–Kier alpha value is -1.64. The van der Waals surface area contributed by atoms with Crippen molar-refractivity contribution in [3.63, 3.8) is 0 Å². The van der Waals surface area contributed by atoms with E-state index in [2.05, 4.69) is 5.32 Å². The van der Waals surface area contributed by atoms with Gasteiger partial charge in [0.1, 0.15) is 5.78 Å². The molecule has 0 spiro atoms. The van der Waals surface area contributed by atoms with Crippen LogP contribution in [0.4, 0.5) is 0 Å². The number of nitrogens with one attached hydrogen (secondary N) is 1. The van der Waals surface area contributed by atoms with Gasteiger partial charge >= 0.3 is 0 Å². The second-order valence-corrected chi connectivity index (χ2v) is 3.96. The van der Waals surface area contributed by atoms with Crippen LogP contribution < -0.4 is 5.32 Å². The van der Waals surface area contributed by atoms with Gasteiger partial charge in [-0.3, -0.25) is 9.59 Å². The van der Waals surface area contributed by atoms with E-state index in [1.165, 1.54) is 12.5 Å². The highest BCUT2D eigenvalue weighted by Gasteiger charge is 2.02. The van der Waals surface area contributed by atoms with Gasteiger partial charge in [0.2, 0.25) is 5.91 Å². The van der Waals surface area contributed by atoms with Crippen molar-refractivity contribution in [1.82, 2.24) is 5.32 Å². The van der Waals surface area contributed by atoms with Crippen molar-refractivity contribution < 1.29 is 9.59 Å². The number of benzene rings is 1. The first kappa shape index (κ1) is 12.4. The lowest BCUT2D eigenvalue weighted by Crippen LogP contribution is -2.28. The molecule has 0 aliphatic heterocycles. The van der Waals surface area contributed by atoms with Crippen molar-refractivity contribution in [3.05, 3.63) is 35.4 Å². The molecule has 0 unspecified atom stereocenters. The Bertz CT molecular complexity index is 368. The number of ketones is 1. The third kappa shape index (κ3) is 4.73. The molecule has 3 heteroatoms. The number of carbonyl (C=O) groups is 2. The molecule has 0 radical (unpaired) electrons. The van der Waals surface area contributed by atoms with Crippen LogP contribution in [-0.4, -0.2) is 18.2 Å². The highest BCUT2D eigenvalue weighted by Crippen LogP contribution is 2.05. The van der Waals surface area contributed by atoms with Crippen molar-refractivity contribution in [1.29, 1.82) is 0 Å². The van der Waals surface area contributed by atoms with Gasteiger partial charge < -0.3 is 5.32 Å². The van der Waals surface area contributed by atoms with Crippen LogP contribution in [0.5, 0.6) is 0 Å². The average Bonchev–Trinajstić information content (AvgIpc) is 2.25.